The average Bonchev–Trinajstić information content (AvgIpc) is 3.17. The van der Waals surface area contributed by atoms with Gasteiger partial charge in [0, 0.05) is 12.8 Å². The molecule has 0 aliphatic heterocycles. The first-order valence-electron chi connectivity index (χ1n) is 23.2. The molecule has 54 heavy (non-hydrogen) atoms. The Morgan fingerprint density at radius 1 is 0.426 bits per heavy atom. The standard InChI is InChI=1S/C49H88O5/c1-3-5-7-9-11-13-15-17-18-19-20-21-22-23-24-25-26-27-28-29-30-32-34-36-38-40-42-44-49(52)54-47(45-50)46-53-48(51)43-41-39-37-35-33-31-16-14-12-10-8-6-4-2/h14-17,19-20,22-23,47,50H,3-13,18,21,24-46H2,1-2H3/b16-14-,17-15-,20-19-,23-22-. The fraction of sp³-hybridized carbons (Fsp3) is 0.796. The molecule has 1 atom stereocenters. The molecule has 0 bridgehead atoms. The lowest BCUT2D eigenvalue weighted by atomic mass is 10.0. The largest absolute Gasteiger partial charge is 0.462 e. The zero-order valence-corrected chi connectivity index (χ0v) is 35.7. The van der Waals surface area contributed by atoms with E-state index in [1.807, 2.05) is 0 Å². The quantitative estimate of drug-likeness (QED) is 0.0381. The summed E-state index contributed by atoms with van der Waals surface area (Å²) in [6, 6.07) is 0. The second-order valence-electron chi connectivity index (χ2n) is 15.5. The van der Waals surface area contributed by atoms with E-state index >= 15 is 0 Å². The molecule has 0 aromatic carbocycles. The molecular weight excluding hydrogens is 669 g/mol. The molecule has 314 valence electrons. The number of allylic oxidation sites excluding steroid dienone is 8. The van der Waals surface area contributed by atoms with Crippen molar-refractivity contribution in [1.29, 1.82) is 0 Å². The van der Waals surface area contributed by atoms with Gasteiger partial charge in [-0.05, 0) is 77.0 Å². The third-order valence-electron chi connectivity index (χ3n) is 10.1. The van der Waals surface area contributed by atoms with Crippen molar-refractivity contribution in [3.63, 3.8) is 0 Å². The van der Waals surface area contributed by atoms with E-state index in [-0.39, 0.29) is 25.2 Å². The molecule has 0 heterocycles. The molecule has 0 aromatic rings. The Morgan fingerprint density at radius 3 is 1.15 bits per heavy atom. The van der Waals surface area contributed by atoms with Crippen molar-refractivity contribution in [3.05, 3.63) is 48.6 Å². The van der Waals surface area contributed by atoms with E-state index in [4.69, 9.17) is 9.47 Å². The monoisotopic (exact) mass is 757 g/mol. The molecule has 0 aromatic heterocycles. The van der Waals surface area contributed by atoms with Gasteiger partial charge in [0.1, 0.15) is 6.61 Å². The Kier molecular flexibility index (Phi) is 43.5. The molecule has 0 aliphatic carbocycles. The number of esters is 2. The van der Waals surface area contributed by atoms with Gasteiger partial charge in [-0.3, -0.25) is 9.59 Å². The molecule has 0 aliphatic rings. The van der Waals surface area contributed by atoms with Crippen LogP contribution in [0.15, 0.2) is 48.6 Å². The maximum Gasteiger partial charge on any atom is 0.306 e. The van der Waals surface area contributed by atoms with E-state index in [1.54, 1.807) is 0 Å². The van der Waals surface area contributed by atoms with Crippen LogP contribution in [0.3, 0.4) is 0 Å². The van der Waals surface area contributed by atoms with Crippen molar-refractivity contribution < 1.29 is 24.2 Å². The number of carbonyl (C=O) groups is 2. The van der Waals surface area contributed by atoms with Crippen LogP contribution in [-0.2, 0) is 19.1 Å². The number of hydrogen-bond donors (Lipinski definition) is 1. The Labute approximate surface area is 335 Å². The fourth-order valence-electron chi connectivity index (χ4n) is 6.56. The van der Waals surface area contributed by atoms with E-state index in [9.17, 15) is 14.7 Å². The van der Waals surface area contributed by atoms with Gasteiger partial charge in [0.15, 0.2) is 6.10 Å². The number of unbranched alkanes of at least 4 members (excludes halogenated alkanes) is 26. The summed E-state index contributed by atoms with van der Waals surface area (Å²) in [6.45, 7) is 4.11. The van der Waals surface area contributed by atoms with E-state index < -0.39 is 6.10 Å². The lowest BCUT2D eigenvalue weighted by Gasteiger charge is -2.15. The fourth-order valence-corrected chi connectivity index (χ4v) is 6.56. The summed E-state index contributed by atoms with van der Waals surface area (Å²) in [7, 11) is 0. The summed E-state index contributed by atoms with van der Waals surface area (Å²) in [4.78, 5) is 24.3. The van der Waals surface area contributed by atoms with Crippen LogP contribution in [-0.4, -0.2) is 36.4 Å². The highest BCUT2D eigenvalue weighted by atomic mass is 16.6. The van der Waals surface area contributed by atoms with Crippen LogP contribution in [0.1, 0.15) is 232 Å². The predicted molar refractivity (Wildman–Crippen MR) is 233 cm³/mol. The highest BCUT2D eigenvalue weighted by Crippen LogP contribution is 2.14. The summed E-state index contributed by atoms with van der Waals surface area (Å²) in [5.41, 5.74) is 0. The smallest absolute Gasteiger partial charge is 0.306 e. The summed E-state index contributed by atoms with van der Waals surface area (Å²) in [5.74, 6) is -0.599. The molecule has 0 saturated carbocycles. The lowest BCUT2D eigenvalue weighted by Crippen LogP contribution is -2.28. The second-order valence-corrected chi connectivity index (χ2v) is 15.5. The van der Waals surface area contributed by atoms with E-state index in [1.165, 1.54) is 148 Å². The topological polar surface area (TPSA) is 72.8 Å². The first-order chi connectivity index (χ1) is 26.6. The van der Waals surface area contributed by atoms with Crippen LogP contribution in [0.2, 0.25) is 0 Å². The minimum atomic E-state index is -0.775. The van der Waals surface area contributed by atoms with Crippen molar-refractivity contribution >= 4 is 11.9 Å². The van der Waals surface area contributed by atoms with Gasteiger partial charge < -0.3 is 14.6 Å². The summed E-state index contributed by atoms with van der Waals surface area (Å²) < 4.78 is 10.6. The molecule has 0 saturated heterocycles. The van der Waals surface area contributed by atoms with Gasteiger partial charge in [-0.1, -0.05) is 191 Å². The molecule has 0 amide bonds. The average molecular weight is 757 g/mol. The van der Waals surface area contributed by atoms with Crippen LogP contribution in [0.4, 0.5) is 0 Å². The van der Waals surface area contributed by atoms with Gasteiger partial charge in [0.25, 0.3) is 0 Å². The van der Waals surface area contributed by atoms with Crippen LogP contribution in [0, 0.1) is 0 Å². The van der Waals surface area contributed by atoms with Crippen molar-refractivity contribution in [2.45, 2.75) is 238 Å². The Hall–Kier alpha value is -2.14. The van der Waals surface area contributed by atoms with E-state index in [2.05, 4.69) is 62.5 Å². The molecule has 1 unspecified atom stereocenters. The Bertz CT molecular complexity index is 904. The zero-order chi connectivity index (χ0) is 39.3. The number of ether oxygens (including phenoxy) is 2. The lowest BCUT2D eigenvalue weighted by molar-refractivity contribution is -0.161. The van der Waals surface area contributed by atoms with Crippen LogP contribution < -0.4 is 0 Å². The van der Waals surface area contributed by atoms with Gasteiger partial charge in [-0.2, -0.15) is 0 Å². The van der Waals surface area contributed by atoms with E-state index in [0.717, 1.165) is 57.8 Å². The number of carbonyl (C=O) groups excluding carboxylic acids is 2. The SMILES string of the molecule is CCCCCC/C=C\CCCCCCCC(=O)OCC(CO)OC(=O)CCCCCCCCCCCCCC/C=C\C/C=C\C/C=C\CCCCCCC. The molecule has 1 N–H and O–H groups in total. The second kappa shape index (κ2) is 45.3. The zero-order valence-electron chi connectivity index (χ0n) is 35.7. The number of aliphatic hydroxyl groups is 1. The summed E-state index contributed by atoms with van der Waals surface area (Å²) >= 11 is 0. The Balaban J connectivity index is 3.51. The summed E-state index contributed by atoms with van der Waals surface area (Å²) in [6.07, 6.45) is 57.6. The number of rotatable bonds is 42. The van der Waals surface area contributed by atoms with Crippen molar-refractivity contribution in [2.24, 2.45) is 0 Å². The third kappa shape index (κ3) is 42.6. The first-order valence-corrected chi connectivity index (χ1v) is 23.2. The molecule has 0 fully saturated rings. The maximum atomic E-state index is 12.2. The summed E-state index contributed by atoms with van der Waals surface area (Å²) in [5, 5.41) is 9.58. The highest BCUT2D eigenvalue weighted by molar-refractivity contribution is 5.70. The van der Waals surface area contributed by atoms with Crippen molar-refractivity contribution in [1.82, 2.24) is 0 Å². The molecule has 0 radical (unpaired) electrons. The van der Waals surface area contributed by atoms with E-state index in [0.29, 0.717) is 12.8 Å². The van der Waals surface area contributed by atoms with Crippen LogP contribution in [0.5, 0.6) is 0 Å². The van der Waals surface area contributed by atoms with Crippen LogP contribution in [0.25, 0.3) is 0 Å². The normalized spacial score (nSPS) is 12.6. The molecule has 5 nitrogen and oxygen atoms in total. The third-order valence-corrected chi connectivity index (χ3v) is 10.1. The van der Waals surface area contributed by atoms with Crippen molar-refractivity contribution in [3.8, 4) is 0 Å². The van der Waals surface area contributed by atoms with Crippen molar-refractivity contribution in [2.75, 3.05) is 13.2 Å². The molecule has 5 heteroatoms. The van der Waals surface area contributed by atoms with Gasteiger partial charge in [0.2, 0.25) is 0 Å². The highest BCUT2D eigenvalue weighted by Gasteiger charge is 2.16. The van der Waals surface area contributed by atoms with Gasteiger partial charge in [0.05, 0.1) is 6.61 Å². The predicted octanol–water partition coefficient (Wildman–Crippen LogP) is 15.0. The Morgan fingerprint density at radius 2 is 0.741 bits per heavy atom. The molecule has 0 spiro atoms. The minimum absolute atomic E-state index is 0.0703. The molecular formula is C49H88O5. The van der Waals surface area contributed by atoms with Gasteiger partial charge >= 0.3 is 11.9 Å². The number of aliphatic hydroxyl groups excluding tert-OH is 1. The minimum Gasteiger partial charge on any atom is -0.462 e. The maximum absolute atomic E-state index is 12.2. The van der Waals surface area contributed by atoms with Crippen LogP contribution >= 0.6 is 0 Å². The first kappa shape index (κ1) is 51.9. The van der Waals surface area contributed by atoms with Gasteiger partial charge in [-0.15, -0.1) is 0 Å². The van der Waals surface area contributed by atoms with Gasteiger partial charge in [-0.25, -0.2) is 0 Å². The number of hydrogen-bond acceptors (Lipinski definition) is 5. The molecule has 0 rings (SSSR count).